The van der Waals surface area contributed by atoms with Crippen molar-refractivity contribution < 1.29 is 5.11 Å². The lowest BCUT2D eigenvalue weighted by molar-refractivity contribution is 0.120. The highest BCUT2D eigenvalue weighted by atomic mass is 16.3. The van der Waals surface area contributed by atoms with Gasteiger partial charge in [-0.15, -0.1) is 0 Å². The molecule has 0 aliphatic rings. The van der Waals surface area contributed by atoms with Crippen LogP contribution in [0.1, 0.15) is 19.4 Å². The Balaban J connectivity index is 2.21. The molecule has 2 N–H and O–H groups in total. The quantitative estimate of drug-likeness (QED) is 0.727. The number of nitrogens with one attached hydrogen (secondary N) is 1. The highest BCUT2D eigenvalue weighted by Crippen LogP contribution is 2.01. The van der Waals surface area contributed by atoms with Gasteiger partial charge in [-0.05, 0) is 31.1 Å². The third-order valence-electron chi connectivity index (χ3n) is 2.63. The van der Waals surface area contributed by atoms with Crippen LogP contribution in [0.2, 0.25) is 0 Å². The molecule has 1 atom stereocenters. The van der Waals surface area contributed by atoms with Crippen molar-refractivity contribution in [3.63, 3.8) is 0 Å². The number of pyridine rings is 1. The van der Waals surface area contributed by atoms with Crippen LogP contribution in [0, 0.1) is 5.92 Å². The molecule has 18 heavy (non-hydrogen) atoms. The number of aliphatic hydroxyl groups is 1. The van der Waals surface area contributed by atoms with Gasteiger partial charge < -0.3 is 10.4 Å². The topological polar surface area (TPSA) is 48.4 Å². The molecule has 1 rings (SSSR count). The highest BCUT2D eigenvalue weighted by Gasteiger charge is 2.08. The van der Waals surface area contributed by atoms with Gasteiger partial charge in [0.15, 0.2) is 0 Å². The minimum atomic E-state index is -0.328. The molecule has 102 valence electrons. The molecule has 0 saturated heterocycles. The standard InChI is InChI=1S/C14H25N3O/c1-12(2)7-16-9-14(18)11-17(3)10-13-5-4-6-15-8-13/h4-6,8,12,14,16,18H,7,9-11H2,1-3H3. The molecule has 4 nitrogen and oxygen atoms in total. The first-order chi connectivity index (χ1) is 8.58. The Kier molecular flexibility index (Phi) is 6.86. The molecule has 0 aliphatic carbocycles. The molecule has 1 aromatic rings. The minimum absolute atomic E-state index is 0.328. The second-order valence-corrected chi connectivity index (χ2v) is 5.26. The van der Waals surface area contributed by atoms with Crippen molar-refractivity contribution in [2.24, 2.45) is 5.92 Å². The molecular weight excluding hydrogens is 226 g/mol. The molecule has 1 unspecified atom stereocenters. The Morgan fingerprint density at radius 2 is 2.17 bits per heavy atom. The maximum atomic E-state index is 9.89. The maximum absolute atomic E-state index is 9.89. The number of likely N-dealkylation sites (N-methyl/N-ethyl adjacent to an activating group) is 1. The summed E-state index contributed by atoms with van der Waals surface area (Å²) >= 11 is 0. The van der Waals surface area contributed by atoms with E-state index in [0.717, 1.165) is 13.1 Å². The van der Waals surface area contributed by atoms with E-state index >= 15 is 0 Å². The fourth-order valence-corrected chi connectivity index (χ4v) is 1.83. The third kappa shape index (κ3) is 6.69. The zero-order chi connectivity index (χ0) is 13.4. The van der Waals surface area contributed by atoms with Gasteiger partial charge in [-0.25, -0.2) is 0 Å². The van der Waals surface area contributed by atoms with Crippen molar-refractivity contribution in [1.29, 1.82) is 0 Å². The number of aliphatic hydroxyl groups excluding tert-OH is 1. The first-order valence-electron chi connectivity index (χ1n) is 6.54. The molecule has 0 spiro atoms. The second-order valence-electron chi connectivity index (χ2n) is 5.26. The minimum Gasteiger partial charge on any atom is -0.390 e. The molecule has 0 radical (unpaired) electrons. The number of nitrogens with zero attached hydrogens (tertiary/aromatic N) is 2. The van der Waals surface area contributed by atoms with Crippen molar-refractivity contribution >= 4 is 0 Å². The molecule has 4 heteroatoms. The molecule has 1 heterocycles. The summed E-state index contributed by atoms with van der Waals surface area (Å²) in [6.45, 7) is 7.40. The van der Waals surface area contributed by atoms with Crippen LogP contribution in [-0.2, 0) is 6.54 Å². The fraction of sp³-hybridized carbons (Fsp3) is 0.643. The van der Waals surface area contributed by atoms with E-state index in [4.69, 9.17) is 0 Å². The Morgan fingerprint density at radius 1 is 1.39 bits per heavy atom. The average molecular weight is 251 g/mol. The molecule has 0 saturated carbocycles. The Labute approximate surface area is 110 Å². The van der Waals surface area contributed by atoms with Crippen LogP contribution in [0.4, 0.5) is 0 Å². The SMILES string of the molecule is CC(C)CNCC(O)CN(C)Cc1cccnc1. The molecule has 0 amide bonds. The largest absolute Gasteiger partial charge is 0.390 e. The van der Waals surface area contributed by atoms with E-state index < -0.39 is 0 Å². The first-order valence-corrected chi connectivity index (χ1v) is 6.54. The molecule has 0 fully saturated rings. The highest BCUT2D eigenvalue weighted by molar-refractivity contribution is 5.07. The smallest absolute Gasteiger partial charge is 0.0791 e. The monoisotopic (exact) mass is 251 g/mol. The number of hydrogen-bond acceptors (Lipinski definition) is 4. The summed E-state index contributed by atoms with van der Waals surface area (Å²) in [5, 5.41) is 13.2. The summed E-state index contributed by atoms with van der Waals surface area (Å²) < 4.78 is 0. The molecule has 0 aromatic carbocycles. The van der Waals surface area contributed by atoms with Gasteiger partial charge in [0.2, 0.25) is 0 Å². The maximum Gasteiger partial charge on any atom is 0.0791 e. The summed E-state index contributed by atoms with van der Waals surface area (Å²) in [6, 6.07) is 3.98. The van der Waals surface area contributed by atoms with Crippen LogP contribution in [0.3, 0.4) is 0 Å². The zero-order valence-electron chi connectivity index (χ0n) is 11.6. The van der Waals surface area contributed by atoms with Crippen LogP contribution in [0.5, 0.6) is 0 Å². The second kappa shape index (κ2) is 8.19. The molecule has 0 aliphatic heterocycles. The van der Waals surface area contributed by atoms with Crippen molar-refractivity contribution in [2.75, 3.05) is 26.7 Å². The van der Waals surface area contributed by atoms with Gasteiger partial charge in [0.1, 0.15) is 0 Å². The van der Waals surface area contributed by atoms with Crippen molar-refractivity contribution in [3.05, 3.63) is 30.1 Å². The van der Waals surface area contributed by atoms with E-state index in [1.54, 1.807) is 6.20 Å². The Bertz CT molecular complexity index is 316. The molecule has 0 bridgehead atoms. The van der Waals surface area contributed by atoms with E-state index in [9.17, 15) is 5.11 Å². The summed E-state index contributed by atoms with van der Waals surface area (Å²) in [5.74, 6) is 0.616. The Morgan fingerprint density at radius 3 is 2.78 bits per heavy atom. The normalized spacial score (nSPS) is 13.2. The predicted molar refractivity (Wildman–Crippen MR) is 74.3 cm³/mol. The first kappa shape index (κ1) is 15.1. The lowest BCUT2D eigenvalue weighted by atomic mass is 10.2. The van der Waals surface area contributed by atoms with Crippen LogP contribution in [0.25, 0.3) is 0 Å². The van der Waals surface area contributed by atoms with Gasteiger partial charge in [0.05, 0.1) is 6.10 Å². The number of rotatable bonds is 8. The third-order valence-corrected chi connectivity index (χ3v) is 2.63. The summed E-state index contributed by atoms with van der Waals surface area (Å²) in [4.78, 5) is 6.19. The number of aromatic nitrogens is 1. The zero-order valence-corrected chi connectivity index (χ0v) is 11.6. The average Bonchev–Trinajstić information content (AvgIpc) is 2.29. The molecular formula is C14H25N3O. The van der Waals surface area contributed by atoms with Gasteiger partial charge in [-0.3, -0.25) is 9.88 Å². The van der Waals surface area contributed by atoms with E-state index in [2.05, 4.69) is 29.0 Å². The van der Waals surface area contributed by atoms with E-state index in [1.165, 1.54) is 5.56 Å². The van der Waals surface area contributed by atoms with Crippen LogP contribution in [-0.4, -0.2) is 47.8 Å². The van der Waals surface area contributed by atoms with Crippen LogP contribution < -0.4 is 5.32 Å². The van der Waals surface area contributed by atoms with Gasteiger partial charge in [-0.1, -0.05) is 19.9 Å². The van der Waals surface area contributed by atoms with Gasteiger partial charge in [-0.2, -0.15) is 0 Å². The van der Waals surface area contributed by atoms with E-state index in [0.29, 0.717) is 19.0 Å². The van der Waals surface area contributed by atoms with Gasteiger partial charge >= 0.3 is 0 Å². The van der Waals surface area contributed by atoms with Crippen molar-refractivity contribution in [1.82, 2.24) is 15.2 Å². The summed E-state index contributed by atoms with van der Waals surface area (Å²) in [6.07, 6.45) is 3.30. The van der Waals surface area contributed by atoms with Crippen molar-refractivity contribution in [2.45, 2.75) is 26.5 Å². The molecule has 1 aromatic heterocycles. The van der Waals surface area contributed by atoms with E-state index in [1.807, 2.05) is 25.4 Å². The number of hydrogen-bond donors (Lipinski definition) is 2. The van der Waals surface area contributed by atoms with Crippen molar-refractivity contribution in [3.8, 4) is 0 Å². The van der Waals surface area contributed by atoms with Gasteiger partial charge in [0.25, 0.3) is 0 Å². The lowest BCUT2D eigenvalue weighted by Crippen LogP contribution is -2.37. The van der Waals surface area contributed by atoms with E-state index in [-0.39, 0.29) is 6.10 Å². The van der Waals surface area contributed by atoms with Crippen LogP contribution >= 0.6 is 0 Å². The Hall–Kier alpha value is -0.970. The van der Waals surface area contributed by atoms with Crippen LogP contribution in [0.15, 0.2) is 24.5 Å². The summed E-state index contributed by atoms with van der Waals surface area (Å²) in [7, 11) is 2.01. The van der Waals surface area contributed by atoms with Gasteiger partial charge in [0, 0.05) is 32.0 Å². The fourth-order valence-electron chi connectivity index (χ4n) is 1.83. The summed E-state index contributed by atoms with van der Waals surface area (Å²) in [5.41, 5.74) is 1.17. The predicted octanol–water partition coefficient (Wildman–Crippen LogP) is 1.12. The lowest BCUT2D eigenvalue weighted by Gasteiger charge is -2.21.